The molecule has 92 valence electrons. The predicted molar refractivity (Wildman–Crippen MR) is 68.0 cm³/mol. The second-order valence-corrected chi connectivity index (χ2v) is 6.64. The lowest BCUT2D eigenvalue weighted by Crippen LogP contribution is -2.31. The van der Waals surface area contributed by atoms with Crippen LogP contribution in [0.25, 0.3) is 0 Å². The Labute approximate surface area is 112 Å². The van der Waals surface area contributed by atoms with E-state index >= 15 is 0 Å². The van der Waals surface area contributed by atoms with Crippen LogP contribution in [0.3, 0.4) is 0 Å². The van der Waals surface area contributed by atoms with Gasteiger partial charge >= 0.3 is 0 Å². The molecule has 0 radical (unpaired) electrons. The van der Waals surface area contributed by atoms with Crippen LogP contribution in [-0.2, 0) is 10.0 Å². The first-order valence-electron chi connectivity index (χ1n) is 4.91. The first-order chi connectivity index (χ1) is 7.98. The van der Waals surface area contributed by atoms with Crippen LogP contribution in [0.1, 0.15) is 16.8 Å². The molecule has 0 atom stereocenters. The maximum absolute atomic E-state index is 12.1. The summed E-state index contributed by atoms with van der Waals surface area (Å²) in [6.07, 6.45) is 0.0239. The van der Waals surface area contributed by atoms with Gasteiger partial charge in [-0.15, -0.1) is 0 Å². The van der Waals surface area contributed by atoms with Crippen LogP contribution >= 0.6 is 22.6 Å². The molecular weight excluding hydrogens is 360 g/mol. The van der Waals surface area contributed by atoms with Gasteiger partial charge in [-0.2, -0.15) is 0 Å². The molecule has 1 amide bonds. The zero-order valence-corrected chi connectivity index (χ0v) is 11.7. The van der Waals surface area contributed by atoms with E-state index in [0.717, 1.165) is 7.88 Å². The first kappa shape index (κ1) is 12.7. The van der Waals surface area contributed by atoms with Crippen molar-refractivity contribution < 1.29 is 17.6 Å². The van der Waals surface area contributed by atoms with E-state index in [9.17, 15) is 17.6 Å². The van der Waals surface area contributed by atoms with Crippen LogP contribution in [0.5, 0.6) is 0 Å². The largest absolute Gasteiger partial charge is 0.269 e. The van der Waals surface area contributed by atoms with Crippen molar-refractivity contribution in [2.45, 2.75) is 11.3 Å². The lowest BCUT2D eigenvalue weighted by atomic mass is 10.2. The standard InChI is InChI=1S/C10H9FINO3S/c11-4-1-5-13-10(14)8-3-2-7(12)6-9(8)17(13,15)16/h2-3,6H,1,4-5H2. The fourth-order valence-corrected chi connectivity index (χ4v) is 4.01. The number of benzene rings is 1. The maximum atomic E-state index is 12.1. The third kappa shape index (κ3) is 2.05. The van der Waals surface area contributed by atoms with E-state index in [4.69, 9.17) is 0 Å². The summed E-state index contributed by atoms with van der Waals surface area (Å²) in [6.45, 7) is -0.754. The Hall–Kier alpha value is -0.700. The number of halogens is 2. The van der Waals surface area contributed by atoms with Crippen molar-refractivity contribution in [3.05, 3.63) is 27.3 Å². The lowest BCUT2D eigenvalue weighted by molar-refractivity contribution is 0.0868. The highest BCUT2D eigenvalue weighted by Crippen LogP contribution is 2.31. The number of hydrogen-bond acceptors (Lipinski definition) is 3. The van der Waals surface area contributed by atoms with Crippen molar-refractivity contribution in [1.82, 2.24) is 4.31 Å². The third-order valence-corrected chi connectivity index (χ3v) is 4.96. The van der Waals surface area contributed by atoms with E-state index in [2.05, 4.69) is 0 Å². The highest BCUT2D eigenvalue weighted by atomic mass is 127. The summed E-state index contributed by atoms with van der Waals surface area (Å²) in [7, 11) is -3.78. The molecule has 0 spiro atoms. The average molecular weight is 369 g/mol. The van der Waals surface area contributed by atoms with Crippen molar-refractivity contribution in [2.24, 2.45) is 0 Å². The van der Waals surface area contributed by atoms with Crippen molar-refractivity contribution in [3.63, 3.8) is 0 Å². The molecule has 0 fully saturated rings. The summed E-state index contributed by atoms with van der Waals surface area (Å²) < 4.78 is 37.6. The number of nitrogens with zero attached hydrogens (tertiary/aromatic N) is 1. The van der Waals surface area contributed by atoms with Gasteiger partial charge in [-0.1, -0.05) is 0 Å². The second-order valence-electron chi connectivity index (χ2n) is 3.57. The molecule has 1 aromatic rings. The molecule has 1 heterocycles. The van der Waals surface area contributed by atoms with Crippen LogP contribution in [0.4, 0.5) is 4.39 Å². The first-order valence-corrected chi connectivity index (χ1v) is 7.43. The molecule has 0 aliphatic carbocycles. The van der Waals surface area contributed by atoms with Gasteiger partial charge in [0, 0.05) is 10.1 Å². The Morgan fingerprint density at radius 3 is 2.71 bits per heavy atom. The molecular formula is C10H9FINO3S. The number of hydrogen-bond donors (Lipinski definition) is 0. The molecule has 0 bridgehead atoms. The molecule has 0 aromatic heterocycles. The van der Waals surface area contributed by atoms with Gasteiger partial charge in [-0.25, -0.2) is 12.7 Å². The van der Waals surface area contributed by atoms with Crippen molar-refractivity contribution in [2.75, 3.05) is 13.2 Å². The van der Waals surface area contributed by atoms with Crippen LogP contribution in [0.2, 0.25) is 0 Å². The normalized spacial score (nSPS) is 17.3. The number of carbonyl (C=O) groups excluding carboxylic acids is 1. The lowest BCUT2D eigenvalue weighted by Gasteiger charge is -2.13. The predicted octanol–water partition coefficient (Wildman–Crippen LogP) is 1.80. The minimum Gasteiger partial charge on any atom is -0.268 e. The summed E-state index contributed by atoms with van der Waals surface area (Å²) in [5, 5.41) is 0. The number of sulfonamides is 1. The third-order valence-electron chi connectivity index (χ3n) is 2.46. The SMILES string of the molecule is O=C1c2ccc(I)cc2S(=O)(=O)N1CCCF. The molecule has 0 saturated carbocycles. The molecule has 17 heavy (non-hydrogen) atoms. The number of alkyl halides is 1. The van der Waals surface area contributed by atoms with Gasteiger partial charge in [0.15, 0.2) is 0 Å². The van der Waals surface area contributed by atoms with Gasteiger partial charge in [0.05, 0.1) is 12.2 Å². The van der Waals surface area contributed by atoms with E-state index < -0.39 is 22.6 Å². The fraction of sp³-hybridized carbons (Fsp3) is 0.300. The molecule has 1 aromatic carbocycles. The summed E-state index contributed by atoms with van der Waals surface area (Å²) in [4.78, 5) is 11.9. The Bertz CT molecular complexity index is 573. The Balaban J connectivity index is 2.49. The number of fused-ring (bicyclic) bond motifs is 1. The van der Waals surface area contributed by atoms with Gasteiger partial charge in [-0.3, -0.25) is 9.18 Å². The highest BCUT2D eigenvalue weighted by Gasteiger charge is 2.40. The van der Waals surface area contributed by atoms with Crippen LogP contribution in [-0.4, -0.2) is 31.8 Å². The molecule has 1 aliphatic rings. The van der Waals surface area contributed by atoms with E-state index in [-0.39, 0.29) is 23.4 Å². The quantitative estimate of drug-likeness (QED) is 0.764. The molecule has 4 nitrogen and oxygen atoms in total. The zero-order chi connectivity index (χ0) is 12.6. The van der Waals surface area contributed by atoms with Crippen molar-refractivity contribution >= 4 is 38.5 Å². The summed E-state index contributed by atoms with van der Waals surface area (Å²) in [5.41, 5.74) is 0.171. The minimum absolute atomic E-state index is 0.0215. The fourth-order valence-electron chi connectivity index (χ4n) is 1.67. The van der Waals surface area contributed by atoms with Crippen LogP contribution < -0.4 is 0 Å². The van der Waals surface area contributed by atoms with E-state index in [1.54, 1.807) is 6.07 Å². The molecule has 0 unspecified atom stereocenters. The minimum atomic E-state index is -3.78. The van der Waals surface area contributed by atoms with Gasteiger partial charge < -0.3 is 0 Å². The topological polar surface area (TPSA) is 54.5 Å². The second kappa shape index (κ2) is 4.52. The van der Waals surface area contributed by atoms with Gasteiger partial charge in [0.2, 0.25) is 0 Å². The Kier molecular flexibility index (Phi) is 3.39. The smallest absolute Gasteiger partial charge is 0.268 e. The molecule has 0 saturated heterocycles. The molecule has 2 rings (SSSR count). The summed E-state index contributed by atoms with van der Waals surface area (Å²) >= 11 is 1.98. The Morgan fingerprint density at radius 1 is 1.35 bits per heavy atom. The van der Waals surface area contributed by atoms with Crippen LogP contribution in [0, 0.1) is 3.57 Å². The number of amides is 1. The van der Waals surface area contributed by atoms with E-state index in [0.29, 0.717) is 0 Å². The van der Waals surface area contributed by atoms with Crippen molar-refractivity contribution in [1.29, 1.82) is 0 Å². The highest BCUT2D eigenvalue weighted by molar-refractivity contribution is 14.1. The number of rotatable bonds is 3. The van der Waals surface area contributed by atoms with Crippen LogP contribution in [0.15, 0.2) is 23.1 Å². The summed E-state index contributed by atoms with van der Waals surface area (Å²) in [5.74, 6) is -0.565. The molecule has 7 heteroatoms. The monoisotopic (exact) mass is 369 g/mol. The van der Waals surface area contributed by atoms with Gasteiger partial charge in [0.25, 0.3) is 15.9 Å². The molecule has 0 N–H and O–H groups in total. The van der Waals surface area contributed by atoms with E-state index in [1.807, 2.05) is 22.6 Å². The van der Waals surface area contributed by atoms with Gasteiger partial charge in [-0.05, 0) is 47.2 Å². The maximum Gasteiger partial charge on any atom is 0.269 e. The van der Waals surface area contributed by atoms with Crippen molar-refractivity contribution in [3.8, 4) is 0 Å². The zero-order valence-electron chi connectivity index (χ0n) is 8.69. The van der Waals surface area contributed by atoms with Gasteiger partial charge in [0.1, 0.15) is 4.90 Å². The number of carbonyl (C=O) groups is 1. The average Bonchev–Trinajstić information content (AvgIpc) is 2.45. The Morgan fingerprint density at radius 2 is 2.06 bits per heavy atom. The molecule has 1 aliphatic heterocycles. The van der Waals surface area contributed by atoms with E-state index in [1.165, 1.54) is 12.1 Å². The summed E-state index contributed by atoms with van der Waals surface area (Å²) in [6, 6.07) is 4.62.